The Morgan fingerprint density at radius 2 is 2.00 bits per heavy atom. The molecule has 0 bridgehead atoms. The lowest BCUT2D eigenvalue weighted by atomic mass is 10.1. The minimum absolute atomic E-state index is 0.0838. The third-order valence-electron chi connectivity index (χ3n) is 4.88. The lowest BCUT2D eigenvalue weighted by Gasteiger charge is -2.13. The molecule has 4 aromatic rings. The van der Waals surface area contributed by atoms with E-state index in [0.717, 1.165) is 6.42 Å². The van der Waals surface area contributed by atoms with Gasteiger partial charge >= 0.3 is 10.1 Å². The highest BCUT2D eigenvalue weighted by atomic mass is 32.2. The fourth-order valence-corrected chi connectivity index (χ4v) is 4.43. The largest absolute Gasteiger partial charge is 0.493 e. The molecule has 0 saturated carbocycles. The Bertz CT molecular complexity index is 1460. The van der Waals surface area contributed by atoms with Crippen LogP contribution in [-0.4, -0.2) is 39.8 Å². The van der Waals surface area contributed by atoms with Gasteiger partial charge in [-0.1, -0.05) is 13.3 Å². The maximum Gasteiger partial charge on any atom is 0.339 e. The number of fused-ring (bicyclic) bond motifs is 1. The van der Waals surface area contributed by atoms with Crippen molar-refractivity contribution in [1.82, 2.24) is 24.7 Å². The number of benzene rings is 1. The summed E-state index contributed by atoms with van der Waals surface area (Å²) in [6.07, 6.45) is 4.30. The molecule has 172 valence electrons. The van der Waals surface area contributed by atoms with Crippen LogP contribution in [-0.2, 0) is 23.6 Å². The zero-order valence-electron chi connectivity index (χ0n) is 18.4. The van der Waals surface area contributed by atoms with Crippen LogP contribution in [0.4, 0.5) is 0 Å². The highest BCUT2D eigenvalue weighted by Crippen LogP contribution is 2.32. The zero-order valence-corrected chi connectivity index (χ0v) is 19.2. The standard InChI is InChI=1S/C22H23N5O5S/c1-4-7-17-19-20(27(3)26-17)22(28)25-21(24-19)16-12-15(9-10-18(16)31-5-2)33(29,30)32-14-8-6-11-23-13-14/h6,8-13H,4-5,7H2,1-3H3,(H,24,25,28). The molecule has 0 saturated heterocycles. The van der Waals surface area contributed by atoms with Crippen LogP contribution in [0.25, 0.3) is 22.4 Å². The first-order chi connectivity index (χ1) is 15.8. The minimum Gasteiger partial charge on any atom is -0.493 e. The topological polar surface area (TPSA) is 129 Å². The fourth-order valence-electron chi connectivity index (χ4n) is 3.48. The Morgan fingerprint density at radius 1 is 1.18 bits per heavy atom. The van der Waals surface area contributed by atoms with Gasteiger partial charge in [-0.25, -0.2) is 4.98 Å². The molecule has 3 aromatic heterocycles. The maximum atomic E-state index is 12.9. The van der Waals surface area contributed by atoms with Gasteiger partial charge in [0.25, 0.3) is 5.56 Å². The summed E-state index contributed by atoms with van der Waals surface area (Å²) >= 11 is 0. The summed E-state index contributed by atoms with van der Waals surface area (Å²) < 4.78 is 38.1. The Kier molecular flexibility index (Phi) is 6.14. The number of pyridine rings is 1. The van der Waals surface area contributed by atoms with E-state index in [0.29, 0.717) is 41.1 Å². The highest BCUT2D eigenvalue weighted by Gasteiger charge is 2.22. The third kappa shape index (κ3) is 4.44. The first-order valence-corrected chi connectivity index (χ1v) is 11.8. The number of hydrogen-bond acceptors (Lipinski definition) is 8. The molecule has 0 aliphatic rings. The van der Waals surface area contributed by atoms with Crippen molar-refractivity contribution in [2.45, 2.75) is 31.6 Å². The van der Waals surface area contributed by atoms with E-state index in [9.17, 15) is 13.2 Å². The van der Waals surface area contributed by atoms with Crippen molar-refractivity contribution < 1.29 is 17.3 Å². The molecule has 0 fully saturated rings. The van der Waals surface area contributed by atoms with Crippen molar-refractivity contribution in [2.75, 3.05) is 6.61 Å². The summed E-state index contributed by atoms with van der Waals surface area (Å²) in [5.41, 5.74) is 1.46. The van der Waals surface area contributed by atoms with Crippen LogP contribution < -0.4 is 14.5 Å². The number of nitrogens with zero attached hydrogens (tertiary/aromatic N) is 4. The summed E-state index contributed by atoms with van der Waals surface area (Å²) in [5, 5.41) is 4.42. The second-order valence-electron chi connectivity index (χ2n) is 7.25. The van der Waals surface area contributed by atoms with Gasteiger partial charge in [0.15, 0.2) is 11.3 Å². The average Bonchev–Trinajstić information content (AvgIpc) is 3.10. The summed E-state index contributed by atoms with van der Waals surface area (Å²) in [6.45, 7) is 4.16. The van der Waals surface area contributed by atoms with Crippen LogP contribution in [0.3, 0.4) is 0 Å². The Hall–Kier alpha value is -3.73. The first-order valence-electron chi connectivity index (χ1n) is 10.4. The summed E-state index contributed by atoms with van der Waals surface area (Å²) in [6, 6.07) is 7.32. The molecule has 0 amide bonds. The van der Waals surface area contributed by atoms with Crippen LogP contribution in [0.5, 0.6) is 11.5 Å². The average molecular weight is 470 g/mol. The second-order valence-corrected chi connectivity index (χ2v) is 8.80. The highest BCUT2D eigenvalue weighted by molar-refractivity contribution is 7.87. The first kappa shape index (κ1) is 22.5. The quantitative estimate of drug-likeness (QED) is 0.390. The molecule has 0 aliphatic carbocycles. The molecule has 3 heterocycles. The summed E-state index contributed by atoms with van der Waals surface area (Å²) in [4.78, 5) is 24.0. The monoisotopic (exact) mass is 469 g/mol. The molecule has 10 nitrogen and oxygen atoms in total. The predicted molar refractivity (Wildman–Crippen MR) is 122 cm³/mol. The maximum absolute atomic E-state index is 12.9. The zero-order chi connectivity index (χ0) is 23.6. The van der Waals surface area contributed by atoms with E-state index in [4.69, 9.17) is 8.92 Å². The molecule has 33 heavy (non-hydrogen) atoms. The fraction of sp³-hybridized carbons (Fsp3) is 0.273. The Labute approximate surface area is 190 Å². The third-order valence-corrected chi connectivity index (χ3v) is 6.13. The van der Waals surface area contributed by atoms with Crippen molar-refractivity contribution in [3.05, 3.63) is 58.8 Å². The summed E-state index contributed by atoms with van der Waals surface area (Å²) in [7, 11) is -2.49. The lowest BCUT2D eigenvalue weighted by Crippen LogP contribution is -2.14. The van der Waals surface area contributed by atoms with Gasteiger partial charge in [0.05, 0.1) is 24.1 Å². The molecule has 11 heteroatoms. The number of hydrogen-bond donors (Lipinski definition) is 1. The van der Waals surface area contributed by atoms with Crippen LogP contribution in [0.15, 0.2) is 52.4 Å². The molecule has 0 atom stereocenters. The van der Waals surface area contributed by atoms with Crippen LogP contribution in [0, 0.1) is 0 Å². The molecule has 1 aromatic carbocycles. The number of H-pyrrole nitrogens is 1. The normalized spacial score (nSPS) is 11.6. The van der Waals surface area contributed by atoms with Crippen molar-refractivity contribution >= 4 is 21.2 Å². The predicted octanol–water partition coefficient (Wildman–Crippen LogP) is 2.84. The van der Waals surface area contributed by atoms with Crippen LogP contribution in [0.1, 0.15) is 26.0 Å². The number of aromatic nitrogens is 5. The molecule has 0 aliphatic heterocycles. The lowest BCUT2D eigenvalue weighted by molar-refractivity contribution is 0.341. The van der Waals surface area contributed by atoms with Crippen LogP contribution in [0.2, 0.25) is 0 Å². The van der Waals surface area contributed by atoms with Crippen molar-refractivity contribution in [3.63, 3.8) is 0 Å². The van der Waals surface area contributed by atoms with E-state index in [-0.39, 0.29) is 22.0 Å². The van der Waals surface area contributed by atoms with Gasteiger partial charge < -0.3 is 13.9 Å². The number of aromatic amines is 1. The Morgan fingerprint density at radius 3 is 2.70 bits per heavy atom. The molecule has 4 rings (SSSR count). The van der Waals surface area contributed by atoms with Crippen molar-refractivity contribution in [1.29, 1.82) is 0 Å². The van der Waals surface area contributed by atoms with E-state index >= 15 is 0 Å². The van der Waals surface area contributed by atoms with Crippen LogP contribution >= 0.6 is 0 Å². The van der Waals surface area contributed by atoms with E-state index in [1.165, 1.54) is 41.3 Å². The van der Waals surface area contributed by atoms with Gasteiger partial charge in [0.1, 0.15) is 22.0 Å². The molecule has 0 radical (unpaired) electrons. The number of nitrogens with one attached hydrogen (secondary N) is 1. The van der Waals surface area contributed by atoms with Crippen molar-refractivity contribution in [3.8, 4) is 22.9 Å². The van der Waals surface area contributed by atoms with Gasteiger partial charge in [-0.15, -0.1) is 0 Å². The van der Waals surface area contributed by atoms with E-state index < -0.39 is 10.1 Å². The smallest absolute Gasteiger partial charge is 0.339 e. The minimum atomic E-state index is -4.17. The Balaban J connectivity index is 1.87. The van der Waals surface area contributed by atoms with Crippen molar-refractivity contribution in [2.24, 2.45) is 7.05 Å². The molecular formula is C22H23N5O5S. The van der Waals surface area contributed by atoms with Gasteiger partial charge in [-0.05, 0) is 43.7 Å². The number of ether oxygens (including phenoxy) is 1. The second kappa shape index (κ2) is 9.02. The SMILES string of the molecule is CCCc1nn(C)c2c(=O)[nH]c(-c3cc(S(=O)(=O)Oc4cccnc4)ccc3OCC)nc12. The van der Waals surface area contributed by atoms with E-state index in [2.05, 4.69) is 20.1 Å². The van der Waals surface area contributed by atoms with E-state index in [1.54, 1.807) is 20.0 Å². The molecule has 1 N–H and O–H groups in total. The summed E-state index contributed by atoms with van der Waals surface area (Å²) in [5.74, 6) is 0.640. The number of rotatable bonds is 8. The van der Waals surface area contributed by atoms with Gasteiger partial charge in [-0.2, -0.15) is 13.5 Å². The molecule has 0 unspecified atom stereocenters. The van der Waals surface area contributed by atoms with E-state index in [1.807, 2.05) is 6.92 Å². The molecule has 0 spiro atoms. The van der Waals surface area contributed by atoms with Gasteiger partial charge in [0.2, 0.25) is 0 Å². The molecular weight excluding hydrogens is 446 g/mol. The van der Waals surface area contributed by atoms with Gasteiger partial charge in [0, 0.05) is 13.2 Å². The number of aryl methyl sites for hydroxylation is 2. The van der Waals surface area contributed by atoms with Gasteiger partial charge in [-0.3, -0.25) is 14.5 Å².